The smallest absolute Gasteiger partial charge is 0.408 e. The van der Waals surface area contributed by atoms with E-state index in [-0.39, 0.29) is 30.6 Å². The lowest BCUT2D eigenvalue weighted by atomic mass is 9.97. The standard InChI is InChI=1S/C21H30N4O11S/c1-20(2,3)36-19(33)23-11(14(27)28)6-5-7-12(26)24-21(34-4)16(31)25-13(15(29)30)10(8-35-18(22)32)9-37-17(21)25/h11,17H,5-9H2,1-4H3,(H2,22,32)(H,23,33)(H,24,26)(H,27,28)(H,29,30)/t11?,17-,21?/m0/s1. The highest BCUT2D eigenvalue weighted by atomic mass is 32.2. The van der Waals surface area contributed by atoms with Crippen molar-refractivity contribution in [2.45, 2.75) is 62.8 Å². The second-order valence-corrected chi connectivity index (χ2v) is 10.2. The van der Waals surface area contributed by atoms with Crippen molar-refractivity contribution >= 4 is 47.7 Å². The predicted molar refractivity (Wildman–Crippen MR) is 126 cm³/mol. The fourth-order valence-corrected chi connectivity index (χ4v) is 5.08. The first-order valence-electron chi connectivity index (χ1n) is 11.0. The molecule has 0 bridgehead atoms. The second kappa shape index (κ2) is 11.7. The predicted octanol–water partition coefficient (Wildman–Crippen LogP) is -0.0574. The number of ether oxygens (including phenoxy) is 3. The molecule has 2 heterocycles. The zero-order valence-electron chi connectivity index (χ0n) is 20.7. The van der Waals surface area contributed by atoms with Gasteiger partial charge in [0.1, 0.15) is 29.3 Å². The maximum atomic E-state index is 13.0. The number of carbonyl (C=O) groups is 6. The molecule has 206 valence electrons. The number of nitrogens with two attached hydrogens (primary N) is 1. The highest BCUT2D eigenvalue weighted by molar-refractivity contribution is 8.00. The number of carbonyl (C=O) groups excluding carboxylic acids is 4. The van der Waals surface area contributed by atoms with Crippen molar-refractivity contribution in [3.63, 3.8) is 0 Å². The minimum absolute atomic E-state index is 0.0307. The van der Waals surface area contributed by atoms with Gasteiger partial charge in [-0.3, -0.25) is 14.5 Å². The van der Waals surface area contributed by atoms with E-state index in [1.807, 2.05) is 0 Å². The van der Waals surface area contributed by atoms with Crippen molar-refractivity contribution in [1.29, 1.82) is 0 Å². The molecule has 0 saturated carbocycles. The topological polar surface area (TPSA) is 224 Å². The number of hydrogen-bond donors (Lipinski definition) is 5. The molecule has 15 nitrogen and oxygen atoms in total. The number of nitrogens with one attached hydrogen (secondary N) is 2. The molecule has 2 aliphatic rings. The van der Waals surface area contributed by atoms with E-state index in [1.54, 1.807) is 20.8 Å². The first-order chi connectivity index (χ1) is 17.1. The van der Waals surface area contributed by atoms with Gasteiger partial charge >= 0.3 is 24.1 Å². The molecule has 2 unspecified atom stereocenters. The number of primary amides is 1. The average Bonchev–Trinajstić information content (AvgIpc) is 2.78. The van der Waals surface area contributed by atoms with Crippen molar-refractivity contribution < 1.29 is 53.2 Å². The number of methoxy groups -OCH3 is 1. The first kappa shape index (κ1) is 29.7. The molecular weight excluding hydrogens is 516 g/mol. The summed E-state index contributed by atoms with van der Waals surface area (Å²) in [6, 6.07) is -1.31. The van der Waals surface area contributed by atoms with Crippen LogP contribution in [0.15, 0.2) is 11.3 Å². The van der Waals surface area contributed by atoms with Crippen LogP contribution in [0.25, 0.3) is 0 Å². The normalized spacial score (nSPS) is 21.8. The lowest BCUT2D eigenvalue weighted by molar-refractivity contribution is -0.192. The highest BCUT2D eigenvalue weighted by Crippen LogP contribution is 2.46. The summed E-state index contributed by atoms with van der Waals surface area (Å²) in [5, 5.41) is 22.8. The van der Waals surface area contributed by atoms with Crippen LogP contribution in [0.3, 0.4) is 0 Å². The third-order valence-corrected chi connectivity index (χ3v) is 6.61. The largest absolute Gasteiger partial charge is 0.480 e. The number of fused-ring (bicyclic) bond motifs is 1. The Labute approximate surface area is 216 Å². The molecular formula is C21H30N4O11S. The third-order valence-electron chi connectivity index (χ3n) is 5.23. The highest BCUT2D eigenvalue weighted by Gasteiger charge is 2.66. The van der Waals surface area contributed by atoms with Crippen molar-refractivity contribution in [3.05, 3.63) is 11.3 Å². The van der Waals surface area contributed by atoms with Crippen LogP contribution in [-0.2, 0) is 33.4 Å². The molecule has 6 N–H and O–H groups in total. The van der Waals surface area contributed by atoms with Gasteiger partial charge in [-0.05, 0) is 33.6 Å². The summed E-state index contributed by atoms with van der Waals surface area (Å²) in [5.41, 5.74) is 2.01. The summed E-state index contributed by atoms with van der Waals surface area (Å²) in [4.78, 5) is 72.6. The van der Waals surface area contributed by atoms with Gasteiger partial charge in [0, 0.05) is 24.9 Å². The van der Waals surface area contributed by atoms with Crippen molar-refractivity contribution in [3.8, 4) is 0 Å². The van der Waals surface area contributed by atoms with Gasteiger partial charge in [-0.15, -0.1) is 11.8 Å². The van der Waals surface area contributed by atoms with Gasteiger partial charge in [-0.25, -0.2) is 19.2 Å². The molecule has 0 radical (unpaired) electrons. The molecule has 1 saturated heterocycles. The molecule has 37 heavy (non-hydrogen) atoms. The Morgan fingerprint density at radius 1 is 1.24 bits per heavy atom. The van der Waals surface area contributed by atoms with E-state index < -0.39 is 71.0 Å². The van der Waals surface area contributed by atoms with Gasteiger partial charge in [-0.2, -0.15) is 0 Å². The van der Waals surface area contributed by atoms with E-state index in [1.165, 1.54) is 7.11 Å². The molecule has 0 aliphatic carbocycles. The molecule has 0 spiro atoms. The van der Waals surface area contributed by atoms with Gasteiger partial charge in [0.05, 0.1) is 0 Å². The number of β-lactam (4-membered cyclic amide) rings is 1. The lowest BCUT2D eigenvalue weighted by Gasteiger charge is -2.55. The average molecular weight is 547 g/mol. The van der Waals surface area contributed by atoms with Crippen molar-refractivity contribution in [2.75, 3.05) is 19.5 Å². The number of aliphatic carboxylic acids is 2. The van der Waals surface area contributed by atoms with Crippen LogP contribution in [0.4, 0.5) is 9.59 Å². The molecule has 3 atom stereocenters. The van der Waals surface area contributed by atoms with Crippen LogP contribution < -0.4 is 16.4 Å². The minimum Gasteiger partial charge on any atom is -0.480 e. The number of rotatable bonds is 11. The van der Waals surface area contributed by atoms with E-state index in [2.05, 4.69) is 15.4 Å². The van der Waals surface area contributed by atoms with Crippen LogP contribution >= 0.6 is 11.8 Å². The number of hydrogen-bond acceptors (Lipinski definition) is 10. The summed E-state index contributed by atoms with van der Waals surface area (Å²) >= 11 is 1.09. The van der Waals surface area contributed by atoms with Crippen LogP contribution in [0.1, 0.15) is 40.0 Å². The summed E-state index contributed by atoms with van der Waals surface area (Å²) in [7, 11) is 1.18. The molecule has 0 aromatic rings. The van der Waals surface area contributed by atoms with E-state index in [0.717, 1.165) is 16.7 Å². The number of alkyl carbamates (subject to hydrolysis) is 1. The second-order valence-electron chi connectivity index (χ2n) is 9.12. The molecule has 4 amide bonds. The quantitative estimate of drug-likeness (QED) is 0.170. The van der Waals surface area contributed by atoms with Gasteiger partial charge < -0.3 is 40.8 Å². The van der Waals surface area contributed by atoms with Crippen LogP contribution in [0.5, 0.6) is 0 Å². The Bertz CT molecular complexity index is 1010. The summed E-state index contributed by atoms with van der Waals surface area (Å²) in [6.07, 6.45) is -2.31. The lowest BCUT2D eigenvalue weighted by Crippen LogP contribution is -2.80. The molecule has 0 aromatic heterocycles. The van der Waals surface area contributed by atoms with Crippen LogP contribution in [0, 0.1) is 0 Å². The fourth-order valence-electron chi connectivity index (χ4n) is 3.66. The number of nitrogens with zero attached hydrogens (tertiary/aromatic N) is 1. The van der Waals surface area contributed by atoms with E-state index in [0.29, 0.717) is 0 Å². The Hall–Kier alpha value is -3.53. The first-order valence-corrected chi connectivity index (χ1v) is 12.1. The fraction of sp³-hybridized carbons (Fsp3) is 0.619. The third kappa shape index (κ3) is 7.03. The Morgan fingerprint density at radius 3 is 2.41 bits per heavy atom. The van der Waals surface area contributed by atoms with Crippen molar-refractivity contribution in [2.24, 2.45) is 5.73 Å². The Morgan fingerprint density at radius 2 is 1.89 bits per heavy atom. The molecule has 2 aliphatic heterocycles. The number of carboxylic acids is 2. The van der Waals surface area contributed by atoms with Gasteiger partial charge in [0.2, 0.25) is 5.91 Å². The molecule has 1 fully saturated rings. The Balaban J connectivity index is 2.02. The van der Waals surface area contributed by atoms with E-state index >= 15 is 0 Å². The molecule has 16 heteroatoms. The SMILES string of the molecule is COC1(NC(=O)CCCC(NC(=O)OC(C)(C)C)C(=O)O)C(=O)N2C(C(=O)O)=C(COC(N)=O)CS[C@H]21. The maximum absolute atomic E-state index is 13.0. The van der Waals surface area contributed by atoms with Gasteiger partial charge in [0.25, 0.3) is 11.6 Å². The number of carboxylic acid groups (broad SMARTS) is 2. The van der Waals surface area contributed by atoms with E-state index in [9.17, 15) is 39.0 Å². The summed E-state index contributed by atoms with van der Waals surface area (Å²) in [6.45, 7) is 4.44. The Kier molecular flexibility index (Phi) is 9.38. The number of thioether (sulfide) groups is 1. The van der Waals surface area contributed by atoms with E-state index in [4.69, 9.17) is 15.2 Å². The van der Waals surface area contributed by atoms with Crippen LogP contribution in [0.2, 0.25) is 0 Å². The molecule has 2 rings (SSSR count). The summed E-state index contributed by atoms with van der Waals surface area (Å²) in [5.74, 6) is -4.19. The van der Waals surface area contributed by atoms with Crippen LogP contribution in [-0.4, -0.2) is 93.3 Å². The summed E-state index contributed by atoms with van der Waals surface area (Å²) < 4.78 is 15.0. The zero-order chi connectivity index (χ0) is 28.1. The minimum atomic E-state index is -1.85. The maximum Gasteiger partial charge on any atom is 0.408 e. The van der Waals surface area contributed by atoms with Gasteiger partial charge in [-0.1, -0.05) is 0 Å². The van der Waals surface area contributed by atoms with Crippen molar-refractivity contribution in [1.82, 2.24) is 15.5 Å². The zero-order valence-corrected chi connectivity index (χ0v) is 21.5. The monoisotopic (exact) mass is 546 g/mol. The van der Waals surface area contributed by atoms with Gasteiger partial charge in [0.15, 0.2) is 0 Å². The number of amides is 4. The molecule has 0 aromatic carbocycles.